The van der Waals surface area contributed by atoms with Gasteiger partial charge in [0.15, 0.2) is 5.78 Å². The van der Waals surface area contributed by atoms with Crippen LogP contribution in [-0.2, 0) is 4.79 Å². The first-order valence-corrected chi connectivity index (χ1v) is 9.62. The normalized spacial score (nSPS) is 18.3. The van der Waals surface area contributed by atoms with Crippen molar-refractivity contribution in [2.75, 3.05) is 13.6 Å². The minimum atomic E-state index is -0.741. The Morgan fingerprint density at radius 1 is 1.17 bits per heavy atom. The first kappa shape index (κ1) is 19.0. The summed E-state index contributed by atoms with van der Waals surface area (Å²) in [5.74, 6) is 0.344. The van der Waals surface area contributed by atoms with Gasteiger partial charge < -0.3 is 0 Å². The van der Waals surface area contributed by atoms with Crippen molar-refractivity contribution in [2.45, 2.75) is 39.8 Å². The maximum Gasteiger partial charge on any atom is 0.402 e. The van der Waals surface area contributed by atoms with Crippen LogP contribution in [0.1, 0.15) is 47.7 Å². The largest absolute Gasteiger partial charge is 0.402 e. The zero-order valence-corrected chi connectivity index (χ0v) is 17.2. The molecule has 0 saturated carbocycles. The molecular weight excluding hydrogens is 370 g/mol. The van der Waals surface area contributed by atoms with Crippen LogP contribution in [0.5, 0.6) is 0 Å². The van der Waals surface area contributed by atoms with Crippen LogP contribution in [0.4, 0.5) is 10.7 Å². The third-order valence-corrected chi connectivity index (χ3v) is 5.67. The highest BCUT2D eigenvalue weighted by Gasteiger charge is 2.54. The van der Waals surface area contributed by atoms with E-state index in [0.717, 1.165) is 16.3 Å². The van der Waals surface area contributed by atoms with Crippen molar-refractivity contribution in [2.24, 2.45) is 4.99 Å². The van der Waals surface area contributed by atoms with E-state index in [1.807, 2.05) is 24.5 Å². The number of amidine groups is 1. The molecule has 0 aliphatic carbocycles. The summed E-state index contributed by atoms with van der Waals surface area (Å²) in [6.45, 7) is 7.75. The van der Waals surface area contributed by atoms with Crippen molar-refractivity contribution in [1.29, 1.82) is 0 Å². The molecule has 0 N–H and O–H groups in total. The zero-order chi connectivity index (χ0) is 21.0. The standard InChI is InChI=1S/C21H24N5O3/c1-12(2)25-13(3)14(4)26-17-18(22-20(25)26)23(5)21(29)24(19(17)28)11-16(27)15-9-7-6-8-10-15/h6-10,12,17H,11H2,1-5H3/q+1. The zero-order valence-electron chi connectivity index (χ0n) is 17.2. The molecule has 1 unspecified atom stereocenters. The molecule has 2 aliphatic heterocycles. The Balaban J connectivity index is 1.74. The molecule has 1 saturated heterocycles. The highest BCUT2D eigenvalue weighted by Crippen LogP contribution is 2.32. The summed E-state index contributed by atoms with van der Waals surface area (Å²) in [6, 6.07) is 7.55. The number of likely N-dealkylation sites (N-methyl/N-ethyl adjacent to an activating group) is 1. The number of amides is 3. The molecule has 4 rings (SSSR count). The summed E-state index contributed by atoms with van der Waals surface area (Å²) >= 11 is 0. The predicted molar refractivity (Wildman–Crippen MR) is 106 cm³/mol. The molecule has 8 heteroatoms. The number of urea groups is 1. The van der Waals surface area contributed by atoms with Gasteiger partial charge in [-0.25, -0.2) is 13.9 Å². The van der Waals surface area contributed by atoms with Crippen LogP contribution in [0, 0.1) is 13.8 Å². The van der Waals surface area contributed by atoms with Gasteiger partial charge in [0.1, 0.15) is 11.4 Å². The van der Waals surface area contributed by atoms with Crippen molar-refractivity contribution in [1.82, 2.24) is 14.4 Å². The lowest BCUT2D eigenvalue weighted by atomic mass is 10.1. The van der Waals surface area contributed by atoms with E-state index in [2.05, 4.69) is 23.4 Å². The first-order valence-electron chi connectivity index (χ1n) is 9.62. The van der Waals surface area contributed by atoms with Gasteiger partial charge >= 0.3 is 12.0 Å². The third-order valence-electron chi connectivity index (χ3n) is 5.67. The van der Waals surface area contributed by atoms with Crippen molar-refractivity contribution in [3.63, 3.8) is 0 Å². The van der Waals surface area contributed by atoms with Gasteiger partial charge in [-0.3, -0.25) is 19.4 Å². The van der Waals surface area contributed by atoms with E-state index in [-0.39, 0.29) is 18.4 Å². The number of aromatic nitrogens is 2. The molecule has 3 amide bonds. The van der Waals surface area contributed by atoms with E-state index in [1.165, 1.54) is 4.90 Å². The number of rotatable bonds is 4. The molecule has 150 valence electrons. The Morgan fingerprint density at radius 2 is 1.83 bits per heavy atom. The van der Waals surface area contributed by atoms with Gasteiger partial charge in [-0.15, -0.1) is 0 Å². The van der Waals surface area contributed by atoms with Gasteiger partial charge in [0.05, 0.1) is 12.6 Å². The Hall–Kier alpha value is -3.29. The van der Waals surface area contributed by atoms with Crippen molar-refractivity contribution in [3.05, 3.63) is 47.3 Å². The molecule has 0 radical (unpaired) electrons. The molecule has 1 aromatic heterocycles. The smallest absolute Gasteiger partial charge is 0.292 e. The van der Waals surface area contributed by atoms with Gasteiger partial charge in [0.25, 0.3) is 5.91 Å². The fourth-order valence-electron chi connectivity index (χ4n) is 4.08. The molecule has 1 aromatic carbocycles. The lowest BCUT2D eigenvalue weighted by molar-refractivity contribution is -0.682. The van der Waals surface area contributed by atoms with Crippen molar-refractivity contribution in [3.8, 4) is 0 Å². The second-order valence-corrected chi connectivity index (χ2v) is 7.73. The number of imidazole rings is 1. The topological polar surface area (TPSA) is 78.9 Å². The number of aliphatic imine (C=N–C) groups is 1. The molecule has 1 atom stereocenters. The number of hydrogen-bond acceptors (Lipinski definition) is 4. The predicted octanol–water partition coefficient (Wildman–Crippen LogP) is 2.33. The van der Waals surface area contributed by atoms with E-state index in [1.54, 1.807) is 31.3 Å². The van der Waals surface area contributed by atoms with Crippen LogP contribution >= 0.6 is 0 Å². The van der Waals surface area contributed by atoms with Crippen LogP contribution in [0.3, 0.4) is 0 Å². The van der Waals surface area contributed by atoms with E-state index in [0.29, 0.717) is 17.3 Å². The Morgan fingerprint density at radius 3 is 2.45 bits per heavy atom. The summed E-state index contributed by atoms with van der Waals surface area (Å²) < 4.78 is 3.93. The second kappa shape index (κ2) is 6.65. The molecular formula is C21H24N5O3+. The number of benzene rings is 1. The van der Waals surface area contributed by atoms with Crippen molar-refractivity contribution < 1.29 is 19.0 Å². The fraction of sp³-hybridized carbons (Fsp3) is 0.381. The van der Waals surface area contributed by atoms with Gasteiger partial charge in [-0.2, -0.15) is 0 Å². The number of carbonyl (C=O) groups is 3. The molecule has 1 fully saturated rings. The molecule has 3 heterocycles. The summed E-state index contributed by atoms with van der Waals surface area (Å²) in [5, 5.41) is 0. The highest BCUT2D eigenvalue weighted by atomic mass is 16.2. The minimum absolute atomic E-state index is 0.154. The third kappa shape index (κ3) is 2.70. The van der Waals surface area contributed by atoms with E-state index >= 15 is 0 Å². The maximum absolute atomic E-state index is 13.4. The summed E-state index contributed by atoms with van der Waals surface area (Å²) in [7, 11) is 1.59. The molecule has 29 heavy (non-hydrogen) atoms. The van der Waals surface area contributed by atoms with Gasteiger partial charge in [0, 0.05) is 12.6 Å². The quantitative estimate of drug-likeness (QED) is 0.590. The lowest BCUT2D eigenvalue weighted by Gasteiger charge is -2.33. The van der Waals surface area contributed by atoms with Gasteiger partial charge in [-0.05, 0) is 27.7 Å². The van der Waals surface area contributed by atoms with Crippen LogP contribution in [0.15, 0.2) is 35.3 Å². The number of imide groups is 1. The molecule has 8 nitrogen and oxygen atoms in total. The number of ketones is 1. The molecule has 0 spiro atoms. The Labute approximate surface area is 169 Å². The van der Waals surface area contributed by atoms with E-state index in [9.17, 15) is 14.4 Å². The molecule has 0 bridgehead atoms. The number of Topliss-reactive ketones (excluding diaryl/α,β-unsaturated/α-hetero) is 1. The Kier molecular flexibility index (Phi) is 4.37. The fourth-order valence-corrected chi connectivity index (χ4v) is 4.08. The van der Waals surface area contributed by atoms with E-state index < -0.39 is 18.0 Å². The van der Waals surface area contributed by atoms with Crippen LogP contribution in [-0.4, -0.2) is 51.5 Å². The SMILES string of the molecule is Cc1c(C)[n+]2c(n1C(C)C)N=C1C2C(=O)N(CC(=O)c2ccccc2)C(=O)N1C. The lowest BCUT2D eigenvalue weighted by Crippen LogP contribution is -2.64. The summed E-state index contributed by atoms with van der Waals surface area (Å²) in [6.07, 6.45) is 0. The maximum atomic E-state index is 13.4. The minimum Gasteiger partial charge on any atom is -0.292 e. The summed E-state index contributed by atoms with van der Waals surface area (Å²) in [4.78, 5) is 45.9. The van der Waals surface area contributed by atoms with Crippen LogP contribution in [0.2, 0.25) is 0 Å². The van der Waals surface area contributed by atoms with Crippen LogP contribution < -0.4 is 4.57 Å². The van der Waals surface area contributed by atoms with Gasteiger partial charge in [-0.1, -0.05) is 35.3 Å². The van der Waals surface area contributed by atoms with Gasteiger partial charge in [0.2, 0.25) is 11.9 Å². The summed E-state index contributed by atoms with van der Waals surface area (Å²) in [5.41, 5.74) is 2.41. The van der Waals surface area contributed by atoms with E-state index in [4.69, 9.17) is 0 Å². The Bertz CT molecular complexity index is 1070. The van der Waals surface area contributed by atoms with Crippen molar-refractivity contribution >= 4 is 29.5 Å². The average Bonchev–Trinajstić information content (AvgIpc) is 3.19. The average molecular weight is 394 g/mol. The monoisotopic (exact) mass is 394 g/mol. The second-order valence-electron chi connectivity index (χ2n) is 7.73. The molecule has 2 aromatic rings. The van der Waals surface area contributed by atoms with Crippen LogP contribution in [0.25, 0.3) is 0 Å². The number of nitrogens with zero attached hydrogens (tertiary/aromatic N) is 5. The molecule has 2 aliphatic rings. The highest BCUT2D eigenvalue weighted by molar-refractivity contribution is 6.20. The first-order chi connectivity index (χ1) is 13.7. The number of carbonyl (C=O) groups excluding carboxylic acids is 3. The number of hydrogen-bond donors (Lipinski definition) is 0. The number of fused-ring (bicyclic) bond motifs is 3.